The van der Waals surface area contributed by atoms with Gasteiger partial charge in [-0.25, -0.2) is 8.42 Å². The van der Waals surface area contributed by atoms with Crippen molar-refractivity contribution in [1.82, 2.24) is 9.80 Å². The number of aliphatic hydroxyl groups is 1. The van der Waals surface area contributed by atoms with E-state index in [1.165, 1.54) is 24.3 Å². The van der Waals surface area contributed by atoms with Gasteiger partial charge in [0.2, 0.25) is 15.4 Å². The Balaban J connectivity index is 1.84. The van der Waals surface area contributed by atoms with E-state index in [0.717, 1.165) is 18.2 Å². The maximum absolute atomic E-state index is 13.1. The number of amides is 2. The van der Waals surface area contributed by atoms with Crippen LogP contribution in [0, 0.1) is 0 Å². The first-order valence-corrected chi connectivity index (χ1v) is 12.2. The molecule has 1 fully saturated rings. The second-order valence-corrected chi connectivity index (χ2v) is 10.6. The highest BCUT2D eigenvalue weighted by atomic mass is 35.5. The van der Waals surface area contributed by atoms with E-state index in [0.29, 0.717) is 26.2 Å². The van der Waals surface area contributed by atoms with Crippen LogP contribution in [0.1, 0.15) is 17.3 Å². The van der Waals surface area contributed by atoms with Crippen molar-refractivity contribution in [2.45, 2.75) is 28.5 Å². The molecular formula is C22H23ClF3N3O5S. The number of piperazine rings is 1. The van der Waals surface area contributed by atoms with Crippen LogP contribution in [0.15, 0.2) is 52.3 Å². The van der Waals surface area contributed by atoms with Gasteiger partial charge in [-0.1, -0.05) is 17.7 Å². The van der Waals surface area contributed by atoms with Crippen molar-refractivity contribution < 1.29 is 36.3 Å². The lowest BCUT2D eigenvalue weighted by atomic mass is 10.1. The SMILES string of the molecule is CN1CCN(C(=O)c2cccc(S(=O)(=O)c3ccc(NC(=O)C(C)(O)C(F)(F)F)c(Cl)c3)c2)CC1. The zero-order chi connectivity index (χ0) is 26.2. The Hall–Kier alpha value is -2.67. The second-order valence-electron chi connectivity index (χ2n) is 8.29. The van der Waals surface area contributed by atoms with Gasteiger partial charge >= 0.3 is 6.18 Å². The third kappa shape index (κ3) is 5.61. The van der Waals surface area contributed by atoms with Gasteiger partial charge in [0.05, 0.1) is 20.5 Å². The number of sulfone groups is 1. The van der Waals surface area contributed by atoms with E-state index < -0.39 is 27.5 Å². The van der Waals surface area contributed by atoms with Crippen LogP contribution in [-0.2, 0) is 14.6 Å². The minimum Gasteiger partial charge on any atom is -0.373 e. The molecule has 3 rings (SSSR count). The Morgan fingerprint density at radius 1 is 1.03 bits per heavy atom. The average molecular weight is 534 g/mol. The summed E-state index contributed by atoms with van der Waals surface area (Å²) in [5.41, 5.74) is -3.81. The molecule has 1 aliphatic rings. The summed E-state index contributed by atoms with van der Waals surface area (Å²) < 4.78 is 64.9. The molecule has 190 valence electrons. The highest BCUT2D eigenvalue weighted by Crippen LogP contribution is 2.33. The van der Waals surface area contributed by atoms with Crippen molar-refractivity contribution in [3.63, 3.8) is 0 Å². The molecule has 0 radical (unpaired) electrons. The number of benzene rings is 2. The van der Waals surface area contributed by atoms with Crippen molar-refractivity contribution in [3.05, 3.63) is 53.1 Å². The number of nitrogens with zero attached hydrogens (tertiary/aromatic N) is 2. The molecule has 2 aromatic carbocycles. The number of hydrogen-bond acceptors (Lipinski definition) is 6. The predicted molar refractivity (Wildman–Crippen MR) is 122 cm³/mol. The minimum absolute atomic E-state index is 0.176. The van der Waals surface area contributed by atoms with Crippen molar-refractivity contribution in [2.24, 2.45) is 0 Å². The Bertz CT molecular complexity index is 1240. The second kappa shape index (κ2) is 9.76. The number of carbonyl (C=O) groups is 2. The molecule has 35 heavy (non-hydrogen) atoms. The lowest BCUT2D eigenvalue weighted by Gasteiger charge is -2.32. The standard InChI is InChI=1S/C22H23ClF3N3O5S/c1-21(32,22(24,25)26)20(31)27-18-7-6-16(13-17(18)23)35(33,34)15-5-3-4-14(12-15)19(30)29-10-8-28(2)9-11-29/h3-7,12-13,32H,8-11H2,1-2H3,(H,27,31). The van der Waals surface area contributed by atoms with Crippen LogP contribution in [0.25, 0.3) is 0 Å². The molecule has 13 heteroatoms. The minimum atomic E-state index is -5.24. The highest BCUT2D eigenvalue weighted by molar-refractivity contribution is 7.91. The van der Waals surface area contributed by atoms with Crippen LogP contribution >= 0.6 is 11.6 Å². The van der Waals surface area contributed by atoms with Crippen molar-refractivity contribution in [1.29, 1.82) is 0 Å². The lowest BCUT2D eigenvalue weighted by molar-refractivity contribution is -0.242. The van der Waals surface area contributed by atoms with Crippen LogP contribution in [-0.4, -0.2) is 80.1 Å². The van der Waals surface area contributed by atoms with Gasteiger partial charge in [0.1, 0.15) is 0 Å². The summed E-state index contributed by atoms with van der Waals surface area (Å²) in [5.74, 6) is -2.08. The molecule has 1 aliphatic heterocycles. The van der Waals surface area contributed by atoms with E-state index in [9.17, 15) is 36.3 Å². The number of alkyl halides is 3. The van der Waals surface area contributed by atoms with E-state index in [4.69, 9.17) is 11.6 Å². The molecule has 0 spiro atoms. The summed E-state index contributed by atoms with van der Waals surface area (Å²) in [5, 5.41) is 11.0. The van der Waals surface area contributed by atoms with E-state index in [2.05, 4.69) is 4.90 Å². The van der Waals surface area contributed by atoms with Gasteiger partial charge in [-0.3, -0.25) is 9.59 Å². The molecule has 0 bridgehead atoms. The van der Waals surface area contributed by atoms with E-state index in [1.807, 2.05) is 12.4 Å². The Morgan fingerprint density at radius 2 is 1.63 bits per heavy atom. The largest absolute Gasteiger partial charge is 0.426 e. The first kappa shape index (κ1) is 26.9. The normalized spacial score (nSPS) is 17.1. The predicted octanol–water partition coefficient (Wildman–Crippen LogP) is 2.81. The Kier molecular flexibility index (Phi) is 7.51. The molecule has 2 amide bonds. The fraction of sp³-hybridized carbons (Fsp3) is 0.364. The molecule has 0 saturated carbocycles. The number of likely N-dealkylation sites (N-methyl/N-ethyl adjacent to an activating group) is 1. The zero-order valence-corrected chi connectivity index (χ0v) is 20.3. The molecule has 1 atom stereocenters. The zero-order valence-electron chi connectivity index (χ0n) is 18.8. The van der Waals surface area contributed by atoms with Crippen molar-refractivity contribution >= 4 is 38.9 Å². The van der Waals surface area contributed by atoms with Crippen LogP contribution < -0.4 is 5.32 Å². The lowest BCUT2D eigenvalue weighted by Crippen LogP contribution is -2.52. The smallest absolute Gasteiger partial charge is 0.373 e. The number of halogens is 4. The van der Waals surface area contributed by atoms with E-state index >= 15 is 0 Å². The van der Waals surface area contributed by atoms with Gasteiger partial charge in [-0.15, -0.1) is 0 Å². The summed E-state index contributed by atoms with van der Waals surface area (Å²) >= 11 is 6.02. The van der Waals surface area contributed by atoms with Gasteiger partial charge < -0.3 is 20.2 Å². The van der Waals surface area contributed by atoms with Gasteiger partial charge in [-0.2, -0.15) is 13.2 Å². The summed E-state index contributed by atoms with van der Waals surface area (Å²) in [6.07, 6.45) is -5.24. The first-order valence-electron chi connectivity index (χ1n) is 10.4. The first-order chi connectivity index (χ1) is 16.1. The summed E-state index contributed by atoms with van der Waals surface area (Å²) in [7, 11) is -2.22. The Labute approximate surface area is 205 Å². The van der Waals surface area contributed by atoms with Gasteiger partial charge in [0, 0.05) is 31.7 Å². The molecular weight excluding hydrogens is 511 g/mol. The summed E-state index contributed by atoms with van der Waals surface area (Å²) in [4.78, 5) is 27.9. The third-order valence-electron chi connectivity index (χ3n) is 5.67. The van der Waals surface area contributed by atoms with E-state index in [1.54, 1.807) is 4.90 Å². The van der Waals surface area contributed by atoms with Gasteiger partial charge in [0.15, 0.2) is 0 Å². The Morgan fingerprint density at radius 3 is 2.20 bits per heavy atom. The maximum Gasteiger partial charge on any atom is 0.426 e. The summed E-state index contributed by atoms with van der Waals surface area (Å²) in [6.45, 7) is 2.70. The molecule has 0 aliphatic carbocycles. The highest BCUT2D eigenvalue weighted by Gasteiger charge is 2.55. The molecule has 2 aromatic rings. The third-order valence-corrected chi connectivity index (χ3v) is 7.74. The maximum atomic E-state index is 13.1. The van der Waals surface area contributed by atoms with Crippen LogP contribution in [0.5, 0.6) is 0 Å². The number of carbonyl (C=O) groups excluding carboxylic acids is 2. The van der Waals surface area contributed by atoms with Crippen LogP contribution in [0.4, 0.5) is 18.9 Å². The average Bonchev–Trinajstić information content (AvgIpc) is 2.79. The number of rotatable bonds is 5. The monoisotopic (exact) mass is 533 g/mol. The number of nitrogens with one attached hydrogen (secondary N) is 1. The van der Waals surface area contributed by atoms with Gasteiger partial charge in [-0.05, 0) is 50.4 Å². The molecule has 1 heterocycles. The topological polar surface area (TPSA) is 107 Å². The molecule has 1 unspecified atom stereocenters. The van der Waals surface area contributed by atoms with Crippen LogP contribution in [0.3, 0.4) is 0 Å². The molecule has 8 nitrogen and oxygen atoms in total. The molecule has 0 aromatic heterocycles. The van der Waals surface area contributed by atoms with Crippen LogP contribution in [0.2, 0.25) is 5.02 Å². The molecule has 1 saturated heterocycles. The van der Waals surface area contributed by atoms with Crippen molar-refractivity contribution in [2.75, 3.05) is 38.5 Å². The van der Waals surface area contributed by atoms with Gasteiger partial charge in [0.25, 0.3) is 11.8 Å². The quantitative estimate of drug-likeness (QED) is 0.612. The fourth-order valence-electron chi connectivity index (χ4n) is 3.26. The fourth-order valence-corrected chi connectivity index (χ4v) is 4.89. The summed E-state index contributed by atoms with van der Waals surface area (Å²) in [6, 6.07) is 8.53. The van der Waals surface area contributed by atoms with E-state index in [-0.39, 0.29) is 38.9 Å². The molecule has 2 N–H and O–H groups in total. The number of anilines is 1. The van der Waals surface area contributed by atoms with Crippen molar-refractivity contribution in [3.8, 4) is 0 Å². The number of hydrogen-bond donors (Lipinski definition) is 2.